The number of rotatable bonds is 5. The SMILES string of the molecule is CC(C)N(C)C(=O)Cn1ccnc1CNC(C)(C)C. The van der Waals surface area contributed by atoms with E-state index < -0.39 is 0 Å². The summed E-state index contributed by atoms with van der Waals surface area (Å²) < 4.78 is 1.90. The van der Waals surface area contributed by atoms with Crippen LogP contribution in [0.15, 0.2) is 12.4 Å². The van der Waals surface area contributed by atoms with E-state index >= 15 is 0 Å². The molecule has 5 heteroatoms. The zero-order valence-electron chi connectivity index (χ0n) is 12.9. The Morgan fingerprint density at radius 1 is 1.47 bits per heavy atom. The van der Waals surface area contributed by atoms with Crippen LogP contribution in [0.25, 0.3) is 0 Å². The molecule has 0 spiro atoms. The van der Waals surface area contributed by atoms with Gasteiger partial charge in [-0.3, -0.25) is 4.79 Å². The number of hydrogen-bond donors (Lipinski definition) is 1. The number of amides is 1. The molecule has 0 saturated carbocycles. The molecule has 0 fully saturated rings. The van der Waals surface area contributed by atoms with Crippen LogP contribution in [-0.4, -0.2) is 39.0 Å². The summed E-state index contributed by atoms with van der Waals surface area (Å²) in [5.74, 6) is 0.991. The molecular formula is C14H26N4O. The van der Waals surface area contributed by atoms with E-state index in [9.17, 15) is 4.79 Å². The molecule has 5 nitrogen and oxygen atoms in total. The van der Waals surface area contributed by atoms with E-state index in [-0.39, 0.29) is 17.5 Å². The highest BCUT2D eigenvalue weighted by molar-refractivity contribution is 5.76. The van der Waals surface area contributed by atoms with Gasteiger partial charge in [-0.25, -0.2) is 4.98 Å². The number of imidazole rings is 1. The monoisotopic (exact) mass is 266 g/mol. The van der Waals surface area contributed by atoms with Crippen LogP contribution in [-0.2, 0) is 17.9 Å². The second kappa shape index (κ2) is 6.19. The van der Waals surface area contributed by atoms with Gasteiger partial charge in [0.2, 0.25) is 5.91 Å². The van der Waals surface area contributed by atoms with Gasteiger partial charge >= 0.3 is 0 Å². The highest BCUT2D eigenvalue weighted by atomic mass is 16.2. The fraction of sp³-hybridized carbons (Fsp3) is 0.714. The second-order valence-corrected chi connectivity index (χ2v) is 6.17. The first-order chi connectivity index (χ1) is 8.70. The third-order valence-electron chi connectivity index (χ3n) is 3.05. The van der Waals surface area contributed by atoms with E-state index in [2.05, 4.69) is 31.1 Å². The minimum absolute atomic E-state index is 0.0372. The van der Waals surface area contributed by atoms with E-state index in [0.717, 1.165) is 5.82 Å². The molecule has 108 valence electrons. The van der Waals surface area contributed by atoms with Crippen molar-refractivity contribution < 1.29 is 4.79 Å². The quantitative estimate of drug-likeness (QED) is 0.881. The molecule has 1 amide bonds. The maximum atomic E-state index is 12.1. The van der Waals surface area contributed by atoms with Gasteiger partial charge in [0, 0.05) is 31.0 Å². The molecule has 0 aliphatic carbocycles. The Kier molecular flexibility index (Phi) is 5.11. The lowest BCUT2D eigenvalue weighted by atomic mass is 10.1. The molecule has 0 aliphatic heterocycles. The third-order valence-corrected chi connectivity index (χ3v) is 3.05. The number of carbonyl (C=O) groups excluding carboxylic acids is 1. The van der Waals surface area contributed by atoms with E-state index in [1.807, 2.05) is 31.7 Å². The van der Waals surface area contributed by atoms with Gasteiger partial charge in [0.15, 0.2) is 0 Å². The summed E-state index contributed by atoms with van der Waals surface area (Å²) in [5.41, 5.74) is 0.0372. The van der Waals surface area contributed by atoms with Crippen LogP contribution >= 0.6 is 0 Å². The van der Waals surface area contributed by atoms with Gasteiger partial charge in [0.1, 0.15) is 12.4 Å². The topological polar surface area (TPSA) is 50.2 Å². The molecular weight excluding hydrogens is 240 g/mol. The number of nitrogens with zero attached hydrogens (tertiary/aromatic N) is 3. The summed E-state index contributed by atoms with van der Waals surface area (Å²) in [5, 5.41) is 3.38. The smallest absolute Gasteiger partial charge is 0.242 e. The van der Waals surface area contributed by atoms with Gasteiger partial charge in [-0.15, -0.1) is 0 Å². The zero-order valence-corrected chi connectivity index (χ0v) is 12.9. The lowest BCUT2D eigenvalue weighted by Gasteiger charge is -2.23. The van der Waals surface area contributed by atoms with Crippen molar-refractivity contribution in [2.45, 2.75) is 59.3 Å². The molecule has 1 aromatic heterocycles. The van der Waals surface area contributed by atoms with E-state index in [1.54, 1.807) is 11.1 Å². The first kappa shape index (κ1) is 15.7. The average Bonchev–Trinajstić information content (AvgIpc) is 2.71. The Labute approximate surface area is 116 Å². The van der Waals surface area contributed by atoms with Crippen molar-refractivity contribution in [3.8, 4) is 0 Å². The number of nitrogens with one attached hydrogen (secondary N) is 1. The van der Waals surface area contributed by atoms with Gasteiger partial charge in [-0.2, -0.15) is 0 Å². The van der Waals surface area contributed by atoms with E-state index in [4.69, 9.17) is 0 Å². The fourth-order valence-corrected chi connectivity index (χ4v) is 1.54. The lowest BCUT2D eigenvalue weighted by molar-refractivity contribution is -0.132. The van der Waals surface area contributed by atoms with Crippen molar-refractivity contribution in [1.29, 1.82) is 0 Å². The van der Waals surface area contributed by atoms with Gasteiger partial charge in [-0.05, 0) is 34.6 Å². The molecule has 0 atom stereocenters. The molecule has 0 aliphatic rings. The van der Waals surface area contributed by atoms with Crippen LogP contribution in [0.4, 0.5) is 0 Å². The maximum absolute atomic E-state index is 12.1. The fourth-order valence-electron chi connectivity index (χ4n) is 1.54. The number of aromatic nitrogens is 2. The summed E-state index contributed by atoms with van der Waals surface area (Å²) >= 11 is 0. The third kappa shape index (κ3) is 5.03. The minimum Gasteiger partial charge on any atom is -0.342 e. The molecule has 0 aromatic carbocycles. The van der Waals surface area contributed by atoms with Gasteiger partial charge in [0.25, 0.3) is 0 Å². The average molecular weight is 266 g/mol. The van der Waals surface area contributed by atoms with E-state index in [1.165, 1.54) is 0 Å². The van der Waals surface area contributed by atoms with E-state index in [0.29, 0.717) is 13.1 Å². The number of likely N-dealkylation sites (N-methyl/N-ethyl adjacent to an activating group) is 1. The van der Waals surface area contributed by atoms with Gasteiger partial charge < -0.3 is 14.8 Å². The Balaban J connectivity index is 2.65. The first-order valence-electron chi connectivity index (χ1n) is 6.71. The second-order valence-electron chi connectivity index (χ2n) is 6.17. The Hall–Kier alpha value is -1.36. The molecule has 1 rings (SSSR count). The summed E-state index contributed by atoms with van der Waals surface area (Å²) in [7, 11) is 1.83. The van der Waals surface area contributed by atoms with Gasteiger partial charge in [0.05, 0.1) is 6.54 Å². The highest BCUT2D eigenvalue weighted by Gasteiger charge is 2.15. The Bertz CT molecular complexity index is 417. The summed E-state index contributed by atoms with van der Waals surface area (Å²) in [6, 6.07) is 0.215. The van der Waals surface area contributed by atoms with Crippen LogP contribution in [0.1, 0.15) is 40.4 Å². The summed E-state index contributed by atoms with van der Waals surface area (Å²) in [4.78, 5) is 18.1. The van der Waals surface area contributed by atoms with Crippen molar-refractivity contribution >= 4 is 5.91 Å². The molecule has 0 saturated heterocycles. The Morgan fingerprint density at radius 3 is 2.63 bits per heavy atom. The molecule has 0 bridgehead atoms. The van der Waals surface area contributed by atoms with Crippen molar-refractivity contribution in [3.05, 3.63) is 18.2 Å². The van der Waals surface area contributed by atoms with Crippen LogP contribution in [0.2, 0.25) is 0 Å². The molecule has 1 aromatic rings. The molecule has 0 unspecified atom stereocenters. The predicted molar refractivity (Wildman–Crippen MR) is 76.7 cm³/mol. The predicted octanol–water partition coefficient (Wildman–Crippen LogP) is 1.64. The summed E-state index contributed by atoms with van der Waals surface area (Å²) in [6.45, 7) is 11.3. The maximum Gasteiger partial charge on any atom is 0.242 e. The minimum atomic E-state index is 0.0372. The van der Waals surface area contributed by atoms with Crippen LogP contribution in [0.5, 0.6) is 0 Å². The van der Waals surface area contributed by atoms with Crippen LogP contribution < -0.4 is 5.32 Å². The number of carbonyl (C=O) groups is 1. The highest BCUT2D eigenvalue weighted by Crippen LogP contribution is 2.05. The van der Waals surface area contributed by atoms with Crippen molar-refractivity contribution in [2.24, 2.45) is 0 Å². The zero-order chi connectivity index (χ0) is 14.6. The normalized spacial score (nSPS) is 11.9. The molecule has 0 radical (unpaired) electrons. The van der Waals surface area contributed by atoms with Crippen molar-refractivity contribution in [2.75, 3.05) is 7.05 Å². The Morgan fingerprint density at radius 2 is 2.11 bits per heavy atom. The van der Waals surface area contributed by atoms with Crippen LogP contribution in [0, 0.1) is 0 Å². The largest absolute Gasteiger partial charge is 0.342 e. The molecule has 19 heavy (non-hydrogen) atoms. The standard InChI is InChI=1S/C14H26N4O/c1-11(2)17(6)13(19)10-18-8-7-15-12(18)9-16-14(3,4)5/h7-8,11,16H,9-10H2,1-6H3. The van der Waals surface area contributed by atoms with Crippen molar-refractivity contribution in [3.63, 3.8) is 0 Å². The molecule has 1 heterocycles. The lowest BCUT2D eigenvalue weighted by Crippen LogP contribution is -2.38. The van der Waals surface area contributed by atoms with Crippen LogP contribution in [0.3, 0.4) is 0 Å². The first-order valence-corrected chi connectivity index (χ1v) is 6.71. The van der Waals surface area contributed by atoms with Crippen molar-refractivity contribution in [1.82, 2.24) is 19.8 Å². The summed E-state index contributed by atoms with van der Waals surface area (Å²) in [6.07, 6.45) is 3.59. The number of hydrogen-bond acceptors (Lipinski definition) is 3. The van der Waals surface area contributed by atoms with Gasteiger partial charge in [-0.1, -0.05) is 0 Å². The molecule has 1 N–H and O–H groups in total.